The first kappa shape index (κ1) is 27.1. The largest absolute Gasteiger partial charge is 0.368 e. The molecule has 188 valence electrons. The average molecular weight is 485 g/mol. The third-order valence-electron chi connectivity index (χ3n) is 6.54. The minimum atomic E-state index is -0.268. The summed E-state index contributed by atoms with van der Waals surface area (Å²) in [5.41, 5.74) is 13.8. The molecule has 1 aliphatic heterocycles. The fourth-order valence-electron chi connectivity index (χ4n) is 4.58. The van der Waals surface area contributed by atoms with E-state index in [1.807, 2.05) is 32.9 Å². The third kappa shape index (κ3) is 6.03. The highest BCUT2D eigenvalue weighted by molar-refractivity contribution is 6.42. The Morgan fingerprint density at radius 1 is 1.39 bits per heavy atom. The van der Waals surface area contributed by atoms with E-state index < -0.39 is 0 Å². The van der Waals surface area contributed by atoms with Crippen LogP contribution in [0.25, 0.3) is 0 Å². The molecule has 1 saturated heterocycles. The van der Waals surface area contributed by atoms with Crippen LogP contribution in [0.1, 0.15) is 38.3 Å². The molecule has 1 atom stereocenters. The summed E-state index contributed by atoms with van der Waals surface area (Å²) < 4.78 is 14.4. The van der Waals surface area contributed by atoms with Gasteiger partial charge in [0.1, 0.15) is 13.1 Å². The Hall–Kier alpha value is -3.45. The van der Waals surface area contributed by atoms with Crippen molar-refractivity contribution in [2.24, 2.45) is 10.7 Å². The van der Waals surface area contributed by atoms with Gasteiger partial charge >= 0.3 is 0 Å². The highest BCUT2D eigenvalue weighted by Crippen LogP contribution is 2.31. The predicted octanol–water partition coefficient (Wildman–Crippen LogP) is 4.96. The molecule has 4 N–H and O–H groups in total. The van der Waals surface area contributed by atoms with Crippen LogP contribution >= 0.6 is 0 Å². The molecule has 2 aliphatic rings. The molecule has 0 bridgehead atoms. The van der Waals surface area contributed by atoms with Crippen LogP contribution in [0.3, 0.4) is 0 Å². The molecule has 1 aliphatic carbocycles. The van der Waals surface area contributed by atoms with Crippen molar-refractivity contribution in [2.45, 2.75) is 46.5 Å². The topological polar surface area (TPSA) is 77.5 Å². The maximum atomic E-state index is 14.4. The molecule has 0 amide bonds. The molecular formula is C29H37BFN5. The number of nitrogens with one attached hydrogen (secondary N) is 2. The van der Waals surface area contributed by atoms with Crippen LogP contribution in [-0.2, 0) is 6.42 Å². The van der Waals surface area contributed by atoms with E-state index in [0.717, 1.165) is 61.3 Å². The normalized spacial score (nSPS) is 19.8. The van der Waals surface area contributed by atoms with Gasteiger partial charge in [0.05, 0.1) is 17.1 Å². The van der Waals surface area contributed by atoms with Crippen molar-refractivity contribution >= 4 is 18.7 Å². The van der Waals surface area contributed by atoms with E-state index in [1.165, 1.54) is 6.07 Å². The zero-order chi connectivity index (χ0) is 26.4. The lowest BCUT2D eigenvalue weighted by molar-refractivity contribution is 0.424. The van der Waals surface area contributed by atoms with E-state index >= 15 is 0 Å². The average Bonchev–Trinajstić information content (AvgIpc) is 3.27. The van der Waals surface area contributed by atoms with Crippen molar-refractivity contribution in [3.63, 3.8) is 0 Å². The summed E-state index contributed by atoms with van der Waals surface area (Å²) in [6, 6.07) is 5.22. The summed E-state index contributed by atoms with van der Waals surface area (Å²) in [5, 5.41) is 12.1. The molecule has 1 aromatic carbocycles. The summed E-state index contributed by atoms with van der Waals surface area (Å²) in [5.74, 6) is 1.83. The third-order valence-corrected chi connectivity index (χ3v) is 6.54. The van der Waals surface area contributed by atoms with Crippen LogP contribution in [0.5, 0.6) is 0 Å². The second-order valence-electron chi connectivity index (χ2n) is 9.27. The van der Waals surface area contributed by atoms with Gasteiger partial charge in [-0.05, 0) is 61.6 Å². The Morgan fingerprint density at radius 2 is 2.14 bits per heavy atom. The second-order valence-corrected chi connectivity index (χ2v) is 9.27. The number of benzene rings is 1. The SMILES string of the molecule is C=C(/C=C\N=C(/C)c1c(F)cccc1CC)C(=C)NC1=C(N2CCC(N)C2)/C(=C/BC)C(=N)C(C)=C1. The molecule has 0 spiro atoms. The van der Waals surface area contributed by atoms with Crippen molar-refractivity contribution in [3.05, 3.63) is 106 Å². The van der Waals surface area contributed by atoms with Crippen molar-refractivity contribution in [3.8, 4) is 0 Å². The monoisotopic (exact) mass is 485 g/mol. The second kappa shape index (κ2) is 12.0. The minimum absolute atomic E-state index is 0.118. The lowest BCUT2D eigenvalue weighted by atomic mass is 9.76. The van der Waals surface area contributed by atoms with Crippen LogP contribution in [0.2, 0.25) is 6.82 Å². The van der Waals surface area contributed by atoms with Crippen LogP contribution in [0, 0.1) is 11.2 Å². The maximum absolute atomic E-state index is 14.4. The lowest BCUT2D eigenvalue weighted by Gasteiger charge is -2.31. The van der Waals surface area contributed by atoms with Gasteiger partial charge in [0.15, 0.2) is 0 Å². The standard InChI is InChI=1S/C29H37BFN5/c1-7-22-9-8-10-25(31)27(22)21(5)34-13-11-18(2)20(4)35-26-15-19(3)28(33)24(16-30-6)29(26)36-14-12-23(32)17-36/h8-11,13,15-16,23,30,33,35H,2,4,7,12,14,17,32H2,1,3,5-6H3/b13-11-,24-16+,33-28?,34-21+. The van der Waals surface area contributed by atoms with Crippen molar-refractivity contribution in [2.75, 3.05) is 13.1 Å². The van der Waals surface area contributed by atoms with Crippen LogP contribution in [0.4, 0.5) is 4.39 Å². The number of allylic oxidation sites excluding steroid dienone is 4. The molecule has 1 aromatic rings. The van der Waals surface area contributed by atoms with Gasteiger partial charge in [0, 0.05) is 47.9 Å². The Balaban J connectivity index is 1.84. The molecule has 1 fully saturated rings. The van der Waals surface area contributed by atoms with E-state index in [4.69, 9.17) is 11.1 Å². The molecule has 5 nitrogen and oxygen atoms in total. The smallest absolute Gasteiger partial charge is 0.145 e. The van der Waals surface area contributed by atoms with Gasteiger partial charge < -0.3 is 16.0 Å². The highest BCUT2D eigenvalue weighted by Gasteiger charge is 2.30. The zero-order valence-electron chi connectivity index (χ0n) is 21.9. The van der Waals surface area contributed by atoms with Gasteiger partial charge in [-0.25, -0.2) is 4.39 Å². The Kier molecular flexibility index (Phi) is 9.05. The van der Waals surface area contributed by atoms with E-state index in [0.29, 0.717) is 28.3 Å². The number of likely N-dealkylation sites (tertiary alicyclic amines) is 1. The highest BCUT2D eigenvalue weighted by atomic mass is 19.1. The van der Waals surface area contributed by atoms with E-state index in [-0.39, 0.29) is 11.9 Å². The lowest BCUT2D eigenvalue weighted by Crippen LogP contribution is -2.33. The number of rotatable bonds is 9. The van der Waals surface area contributed by atoms with Gasteiger partial charge in [-0.15, -0.1) is 5.98 Å². The Bertz CT molecular complexity index is 1220. The van der Waals surface area contributed by atoms with E-state index in [1.54, 1.807) is 18.3 Å². The number of aliphatic imine (C=N–C) groups is 1. The van der Waals surface area contributed by atoms with Crippen LogP contribution in [-0.4, -0.2) is 42.7 Å². The van der Waals surface area contributed by atoms with Gasteiger partial charge in [-0.2, -0.15) is 0 Å². The fraction of sp³-hybridized carbons (Fsp3) is 0.310. The Morgan fingerprint density at radius 3 is 2.78 bits per heavy atom. The summed E-state index contributed by atoms with van der Waals surface area (Å²) in [6.45, 7) is 17.8. The molecule has 0 saturated carbocycles. The van der Waals surface area contributed by atoms with E-state index in [9.17, 15) is 4.39 Å². The summed E-state index contributed by atoms with van der Waals surface area (Å²) >= 11 is 0. The number of hydrogen-bond acceptors (Lipinski definition) is 5. The number of hydrogen-bond donors (Lipinski definition) is 3. The predicted molar refractivity (Wildman–Crippen MR) is 152 cm³/mol. The molecule has 1 unspecified atom stereocenters. The molecule has 0 radical (unpaired) electrons. The molecule has 36 heavy (non-hydrogen) atoms. The minimum Gasteiger partial charge on any atom is -0.368 e. The molecular weight excluding hydrogens is 448 g/mol. The van der Waals surface area contributed by atoms with Crippen molar-refractivity contribution in [1.82, 2.24) is 10.2 Å². The zero-order valence-corrected chi connectivity index (χ0v) is 21.9. The summed E-state index contributed by atoms with van der Waals surface area (Å²) in [4.78, 5) is 6.72. The quantitative estimate of drug-likeness (QED) is 0.263. The van der Waals surface area contributed by atoms with Gasteiger partial charge in [-0.1, -0.05) is 39.0 Å². The van der Waals surface area contributed by atoms with Crippen LogP contribution < -0.4 is 11.1 Å². The first-order valence-electron chi connectivity index (χ1n) is 12.5. The summed E-state index contributed by atoms with van der Waals surface area (Å²) in [7, 11) is 0.831. The van der Waals surface area contributed by atoms with E-state index in [2.05, 4.69) is 41.2 Å². The molecule has 7 heteroatoms. The first-order chi connectivity index (χ1) is 17.2. The van der Waals surface area contributed by atoms with Gasteiger partial charge in [0.25, 0.3) is 0 Å². The Labute approximate surface area is 215 Å². The molecule has 1 heterocycles. The summed E-state index contributed by atoms with van der Waals surface area (Å²) in [6.07, 6.45) is 7.03. The number of halogens is 1. The maximum Gasteiger partial charge on any atom is 0.145 e. The van der Waals surface area contributed by atoms with Crippen LogP contribution in [0.15, 0.2) is 94.5 Å². The van der Waals surface area contributed by atoms with Gasteiger partial charge in [-0.3, -0.25) is 10.4 Å². The molecule has 0 aromatic heterocycles. The van der Waals surface area contributed by atoms with Crippen molar-refractivity contribution in [1.29, 1.82) is 5.41 Å². The number of aryl methyl sites for hydroxylation is 1. The number of nitrogens with two attached hydrogens (primary N) is 1. The number of nitrogens with zero attached hydrogens (tertiary/aromatic N) is 2. The van der Waals surface area contributed by atoms with Crippen molar-refractivity contribution < 1.29 is 4.39 Å². The fourth-order valence-corrected chi connectivity index (χ4v) is 4.58. The molecule has 3 rings (SSSR count). The van der Waals surface area contributed by atoms with Gasteiger partial charge in [0.2, 0.25) is 0 Å². The first-order valence-corrected chi connectivity index (χ1v) is 12.5.